The van der Waals surface area contributed by atoms with Crippen LogP contribution in [-0.4, -0.2) is 46.1 Å². The van der Waals surface area contributed by atoms with Crippen molar-refractivity contribution in [3.8, 4) is 0 Å². The van der Waals surface area contributed by atoms with Gasteiger partial charge in [-0.05, 0) is 5.56 Å². The van der Waals surface area contributed by atoms with E-state index in [1.807, 2.05) is 30.3 Å². The number of benzene rings is 1. The van der Waals surface area contributed by atoms with Gasteiger partial charge in [0.1, 0.15) is 12.1 Å². The van der Waals surface area contributed by atoms with Crippen LogP contribution in [0.3, 0.4) is 0 Å². The minimum Gasteiger partial charge on any atom is -0.445 e. The zero-order chi connectivity index (χ0) is 15.3. The van der Waals surface area contributed by atoms with Crippen LogP contribution in [0.1, 0.15) is 5.56 Å². The number of carbonyl (C=O) groups is 1. The molecule has 1 saturated heterocycles. The molecule has 2 rings (SSSR count). The third kappa shape index (κ3) is 5.00. The lowest BCUT2D eigenvalue weighted by atomic mass is 9.99. The number of rotatable bonds is 6. The summed E-state index contributed by atoms with van der Waals surface area (Å²) in [5.74, 6) is 0. The van der Waals surface area contributed by atoms with Crippen LogP contribution in [0.15, 0.2) is 30.3 Å². The molecule has 1 N–H and O–H groups in total. The van der Waals surface area contributed by atoms with Gasteiger partial charge in [0.25, 0.3) is 10.1 Å². The zero-order valence-electron chi connectivity index (χ0n) is 11.6. The molecular weight excluding hydrogens is 298 g/mol. The molecule has 1 fully saturated rings. The minimum absolute atomic E-state index is 0.135. The Bertz CT molecular complexity index is 582. The van der Waals surface area contributed by atoms with E-state index in [-0.39, 0.29) is 26.4 Å². The monoisotopic (exact) mass is 315 g/mol. The Hall–Kier alpha value is -1.64. The molecule has 1 heterocycles. The van der Waals surface area contributed by atoms with E-state index >= 15 is 0 Å². The first kappa shape index (κ1) is 15.7. The SMILES string of the molecule is CS(=O)(=O)OCC1(NC(=O)OCc2ccccc2)COC1. The second kappa shape index (κ2) is 6.42. The molecule has 7 nitrogen and oxygen atoms in total. The standard InChI is InChI=1S/C13H17NO6S/c1-21(16,17)20-10-13(8-18-9-13)14-12(15)19-7-11-5-3-2-4-6-11/h2-6H,7-10H2,1H3,(H,14,15). The Labute approximate surface area is 123 Å². The van der Waals surface area contributed by atoms with Crippen LogP contribution in [0.25, 0.3) is 0 Å². The predicted molar refractivity (Wildman–Crippen MR) is 74.1 cm³/mol. The molecule has 0 saturated carbocycles. The number of amides is 1. The van der Waals surface area contributed by atoms with Crippen molar-refractivity contribution in [3.63, 3.8) is 0 Å². The first-order valence-electron chi connectivity index (χ1n) is 6.30. The maximum Gasteiger partial charge on any atom is 0.408 e. The van der Waals surface area contributed by atoms with Gasteiger partial charge in [-0.1, -0.05) is 30.3 Å². The van der Waals surface area contributed by atoms with Gasteiger partial charge in [0, 0.05) is 0 Å². The van der Waals surface area contributed by atoms with Crippen molar-refractivity contribution < 1.29 is 26.9 Å². The third-order valence-corrected chi connectivity index (χ3v) is 3.43. The number of hydrogen-bond donors (Lipinski definition) is 1. The molecular formula is C13H17NO6S. The predicted octanol–water partition coefficient (Wildman–Crippen LogP) is 0.658. The molecule has 1 aliphatic rings. The molecule has 0 aromatic heterocycles. The van der Waals surface area contributed by atoms with Crippen molar-refractivity contribution >= 4 is 16.2 Å². The Kier molecular flexibility index (Phi) is 4.81. The zero-order valence-corrected chi connectivity index (χ0v) is 12.4. The molecule has 0 atom stereocenters. The van der Waals surface area contributed by atoms with E-state index in [0.717, 1.165) is 11.8 Å². The molecule has 1 aromatic rings. The smallest absolute Gasteiger partial charge is 0.408 e. The fourth-order valence-corrected chi connectivity index (χ4v) is 2.18. The van der Waals surface area contributed by atoms with Crippen molar-refractivity contribution in [2.45, 2.75) is 12.1 Å². The molecule has 0 radical (unpaired) electrons. The van der Waals surface area contributed by atoms with Crippen LogP contribution in [0.4, 0.5) is 4.79 Å². The van der Waals surface area contributed by atoms with Crippen LogP contribution < -0.4 is 5.32 Å². The summed E-state index contributed by atoms with van der Waals surface area (Å²) in [6.07, 6.45) is 0.313. The summed E-state index contributed by atoms with van der Waals surface area (Å²) in [6, 6.07) is 9.23. The fourth-order valence-electron chi connectivity index (χ4n) is 1.74. The molecule has 1 aliphatic heterocycles. The minimum atomic E-state index is -3.57. The van der Waals surface area contributed by atoms with E-state index in [2.05, 4.69) is 5.32 Å². The van der Waals surface area contributed by atoms with E-state index in [1.165, 1.54) is 0 Å². The normalized spacial score (nSPS) is 16.8. The largest absolute Gasteiger partial charge is 0.445 e. The van der Waals surface area contributed by atoms with Gasteiger partial charge in [-0.2, -0.15) is 8.42 Å². The number of hydrogen-bond acceptors (Lipinski definition) is 6. The highest BCUT2D eigenvalue weighted by Crippen LogP contribution is 2.18. The van der Waals surface area contributed by atoms with Gasteiger partial charge in [0.15, 0.2) is 0 Å². The fraction of sp³-hybridized carbons (Fsp3) is 0.462. The van der Waals surface area contributed by atoms with Crippen LogP contribution in [-0.2, 0) is 30.4 Å². The van der Waals surface area contributed by atoms with E-state index in [1.54, 1.807) is 0 Å². The van der Waals surface area contributed by atoms with Gasteiger partial charge in [-0.3, -0.25) is 4.18 Å². The maximum absolute atomic E-state index is 11.8. The topological polar surface area (TPSA) is 90.9 Å². The Morgan fingerprint density at radius 2 is 2.00 bits per heavy atom. The summed E-state index contributed by atoms with van der Waals surface area (Å²) in [4.78, 5) is 11.8. The van der Waals surface area contributed by atoms with Gasteiger partial charge < -0.3 is 14.8 Å². The second-order valence-corrected chi connectivity index (χ2v) is 6.57. The molecule has 1 amide bonds. The summed E-state index contributed by atoms with van der Waals surface area (Å²) in [6.45, 7) is 0.328. The van der Waals surface area contributed by atoms with Gasteiger partial charge in [-0.15, -0.1) is 0 Å². The number of carbonyl (C=O) groups excluding carboxylic acids is 1. The van der Waals surface area contributed by atoms with Crippen molar-refractivity contribution in [1.29, 1.82) is 0 Å². The van der Waals surface area contributed by atoms with E-state index in [4.69, 9.17) is 13.7 Å². The number of alkyl carbamates (subject to hydrolysis) is 1. The Morgan fingerprint density at radius 3 is 2.52 bits per heavy atom. The summed E-state index contributed by atoms with van der Waals surface area (Å²) in [5.41, 5.74) is 0.00979. The van der Waals surface area contributed by atoms with Crippen LogP contribution in [0.2, 0.25) is 0 Å². The lowest BCUT2D eigenvalue weighted by molar-refractivity contribution is -0.0892. The van der Waals surface area contributed by atoms with E-state index in [9.17, 15) is 13.2 Å². The second-order valence-electron chi connectivity index (χ2n) is 4.93. The molecule has 8 heteroatoms. The van der Waals surface area contributed by atoms with Gasteiger partial charge >= 0.3 is 6.09 Å². The van der Waals surface area contributed by atoms with Crippen LogP contribution in [0, 0.1) is 0 Å². The summed E-state index contributed by atoms with van der Waals surface area (Å²) < 4.78 is 36.8. The molecule has 0 aliphatic carbocycles. The first-order chi connectivity index (χ1) is 9.89. The van der Waals surface area contributed by atoms with Crippen molar-refractivity contribution in [3.05, 3.63) is 35.9 Å². The lowest BCUT2D eigenvalue weighted by Gasteiger charge is -2.40. The van der Waals surface area contributed by atoms with Gasteiger partial charge in [-0.25, -0.2) is 4.79 Å². The van der Waals surface area contributed by atoms with Gasteiger partial charge in [0.05, 0.1) is 26.1 Å². The van der Waals surface area contributed by atoms with Crippen LogP contribution in [0.5, 0.6) is 0 Å². The summed E-state index contributed by atoms with van der Waals surface area (Å²) in [7, 11) is -3.57. The molecule has 0 bridgehead atoms. The number of ether oxygens (including phenoxy) is 2. The van der Waals surface area contributed by atoms with E-state index in [0.29, 0.717) is 0 Å². The highest BCUT2D eigenvalue weighted by molar-refractivity contribution is 7.85. The summed E-state index contributed by atoms with van der Waals surface area (Å²) in [5, 5.41) is 2.60. The third-order valence-electron chi connectivity index (χ3n) is 2.89. The molecule has 0 unspecified atom stereocenters. The van der Waals surface area contributed by atoms with Crippen LogP contribution >= 0.6 is 0 Å². The average molecular weight is 315 g/mol. The Morgan fingerprint density at radius 1 is 1.33 bits per heavy atom. The molecule has 116 valence electrons. The van der Waals surface area contributed by atoms with Crippen molar-refractivity contribution in [2.75, 3.05) is 26.1 Å². The molecule has 21 heavy (non-hydrogen) atoms. The first-order valence-corrected chi connectivity index (χ1v) is 8.11. The summed E-state index contributed by atoms with van der Waals surface area (Å²) >= 11 is 0. The Balaban J connectivity index is 1.82. The maximum atomic E-state index is 11.8. The lowest BCUT2D eigenvalue weighted by Crippen LogP contribution is -2.65. The van der Waals surface area contributed by atoms with Crippen molar-refractivity contribution in [1.82, 2.24) is 5.32 Å². The van der Waals surface area contributed by atoms with Gasteiger partial charge in [0.2, 0.25) is 0 Å². The van der Waals surface area contributed by atoms with Crippen molar-refractivity contribution in [2.24, 2.45) is 0 Å². The number of nitrogens with one attached hydrogen (secondary N) is 1. The highest BCUT2D eigenvalue weighted by atomic mass is 32.2. The average Bonchev–Trinajstić information content (AvgIpc) is 2.39. The quantitative estimate of drug-likeness (QED) is 0.775. The highest BCUT2D eigenvalue weighted by Gasteiger charge is 2.42. The molecule has 0 spiro atoms. The van der Waals surface area contributed by atoms with E-state index < -0.39 is 21.8 Å². The molecule has 1 aromatic carbocycles.